The molecule has 0 spiro atoms. The van der Waals surface area contributed by atoms with Crippen molar-refractivity contribution < 1.29 is 38.6 Å². The number of carboxylic acid groups (broad SMARTS) is 1. The van der Waals surface area contributed by atoms with Crippen molar-refractivity contribution in [1.29, 1.82) is 0 Å². The molecule has 3 fully saturated rings. The topological polar surface area (TPSA) is 145 Å². The van der Waals surface area contributed by atoms with Crippen molar-refractivity contribution in [2.24, 2.45) is 23.7 Å². The van der Waals surface area contributed by atoms with Crippen LogP contribution in [0, 0.1) is 23.7 Å². The molecule has 3 aromatic rings. The standard InChI is InChI=1S/C35H31ClN2O8/c36-20-8-4-9-21(16-20)38-32(43)26-17-25-23(12-13-24-29(25)33(44)37(31(24)42)15-5-10-28(40)41)30(27-14-11-22(18-39)46-27)35(26,34(38)45)19-6-2-1-3-7-19/h1-4,6-9,11-12,14,16,24-26,29-30,39H,5,10,13,15,17-18H2,(H,40,41)/t24-,25+,26-,29-,30+,35+/m0/s1. The highest BCUT2D eigenvalue weighted by atomic mass is 35.5. The van der Waals surface area contributed by atoms with Gasteiger partial charge in [0.25, 0.3) is 0 Å². The number of aliphatic hydroxyl groups excluding tert-OH is 1. The Morgan fingerprint density at radius 3 is 2.43 bits per heavy atom. The number of allylic oxidation sites excluding steroid dienone is 2. The van der Waals surface area contributed by atoms with Crippen LogP contribution in [0.4, 0.5) is 5.69 Å². The van der Waals surface area contributed by atoms with Crippen LogP contribution in [0.3, 0.4) is 0 Å². The fourth-order valence-electron chi connectivity index (χ4n) is 8.36. The fourth-order valence-corrected chi connectivity index (χ4v) is 8.55. The Hall–Kier alpha value is -4.54. The average Bonchev–Trinajstić information content (AvgIpc) is 3.69. The highest BCUT2D eigenvalue weighted by Crippen LogP contribution is 2.64. The zero-order valence-corrected chi connectivity index (χ0v) is 25.4. The summed E-state index contributed by atoms with van der Waals surface area (Å²) in [6, 6.07) is 19.0. The van der Waals surface area contributed by atoms with Gasteiger partial charge >= 0.3 is 5.97 Å². The van der Waals surface area contributed by atoms with Crippen molar-refractivity contribution in [2.45, 2.75) is 43.6 Å². The molecule has 4 amide bonds. The monoisotopic (exact) mass is 642 g/mol. The van der Waals surface area contributed by atoms with Crippen LogP contribution in [-0.4, -0.2) is 51.3 Å². The molecule has 7 rings (SSSR count). The molecule has 2 aliphatic carbocycles. The third kappa shape index (κ3) is 4.38. The van der Waals surface area contributed by atoms with E-state index in [0.29, 0.717) is 22.0 Å². The molecule has 0 radical (unpaired) electrons. The van der Waals surface area contributed by atoms with Gasteiger partial charge in [0.15, 0.2) is 0 Å². The molecule has 4 aliphatic rings. The number of rotatable bonds is 8. The van der Waals surface area contributed by atoms with Gasteiger partial charge in [-0.3, -0.25) is 28.9 Å². The van der Waals surface area contributed by atoms with E-state index in [1.165, 1.54) is 9.80 Å². The van der Waals surface area contributed by atoms with Crippen molar-refractivity contribution in [1.82, 2.24) is 4.90 Å². The summed E-state index contributed by atoms with van der Waals surface area (Å²) in [5.41, 5.74) is 0.212. The van der Waals surface area contributed by atoms with Crippen LogP contribution in [0.15, 0.2) is 82.8 Å². The van der Waals surface area contributed by atoms with Gasteiger partial charge in [0.1, 0.15) is 23.5 Å². The highest BCUT2D eigenvalue weighted by molar-refractivity contribution is 6.32. The Balaban J connectivity index is 1.41. The van der Waals surface area contributed by atoms with Crippen molar-refractivity contribution in [3.63, 3.8) is 0 Å². The number of fused-ring (bicyclic) bond motifs is 4. The molecule has 10 nitrogen and oxygen atoms in total. The molecule has 0 unspecified atom stereocenters. The number of halogens is 1. The van der Waals surface area contributed by atoms with Crippen molar-refractivity contribution >= 4 is 46.9 Å². The molecule has 1 saturated carbocycles. The zero-order valence-electron chi connectivity index (χ0n) is 24.7. The summed E-state index contributed by atoms with van der Waals surface area (Å²) in [7, 11) is 0. The number of amides is 4. The number of aliphatic carboxylic acids is 1. The van der Waals surface area contributed by atoms with E-state index in [1.54, 1.807) is 36.4 Å². The third-order valence-corrected chi connectivity index (χ3v) is 10.4. The van der Waals surface area contributed by atoms with E-state index in [4.69, 9.17) is 21.1 Å². The highest BCUT2D eigenvalue weighted by Gasteiger charge is 2.70. The van der Waals surface area contributed by atoms with Crippen molar-refractivity contribution in [3.8, 4) is 0 Å². The number of furan rings is 1. The second kappa shape index (κ2) is 11.4. The summed E-state index contributed by atoms with van der Waals surface area (Å²) in [4.78, 5) is 70.7. The van der Waals surface area contributed by atoms with Gasteiger partial charge in [-0.15, -0.1) is 0 Å². The lowest BCUT2D eigenvalue weighted by Crippen LogP contribution is -2.53. The van der Waals surface area contributed by atoms with Gasteiger partial charge in [-0.2, -0.15) is 0 Å². The summed E-state index contributed by atoms with van der Waals surface area (Å²) in [5.74, 6) is -5.73. The van der Waals surface area contributed by atoms with E-state index in [2.05, 4.69) is 0 Å². The van der Waals surface area contributed by atoms with E-state index < -0.39 is 52.8 Å². The molecule has 0 bridgehead atoms. The predicted octanol–water partition coefficient (Wildman–Crippen LogP) is 4.45. The summed E-state index contributed by atoms with van der Waals surface area (Å²) < 4.78 is 6.16. The SMILES string of the molecule is O=C(O)CCCN1C(=O)[C@H]2[C@H](CC=C3[C@H]2C[C@H]2C(=O)N(c4cccc(Cl)c4)C(=O)[C@@]2(c2ccccc2)[C@H]3c2ccc(CO)o2)C1=O. The Morgan fingerprint density at radius 1 is 0.957 bits per heavy atom. The average molecular weight is 643 g/mol. The first-order valence-electron chi connectivity index (χ1n) is 15.3. The maximum Gasteiger partial charge on any atom is 0.303 e. The van der Waals surface area contributed by atoms with Gasteiger partial charge in [0, 0.05) is 18.0 Å². The van der Waals surface area contributed by atoms with E-state index in [0.717, 1.165) is 5.57 Å². The molecule has 2 saturated heterocycles. The molecule has 236 valence electrons. The Morgan fingerprint density at radius 2 is 1.74 bits per heavy atom. The number of benzene rings is 2. The number of anilines is 1. The molecule has 3 heterocycles. The first kappa shape index (κ1) is 30.1. The molecule has 6 atom stereocenters. The lowest BCUT2D eigenvalue weighted by atomic mass is 9.50. The van der Waals surface area contributed by atoms with Gasteiger partial charge in [-0.25, -0.2) is 4.90 Å². The molecule has 2 N–H and O–H groups in total. The van der Waals surface area contributed by atoms with E-state index in [9.17, 15) is 24.3 Å². The van der Waals surface area contributed by atoms with Gasteiger partial charge in [-0.05, 0) is 61.1 Å². The number of carboxylic acids is 1. The Labute approximate surface area is 269 Å². The van der Waals surface area contributed by atoms with Crippen LogP contribution >= 0.6 is 11.6 Å². The summed E-state index contributed by atoms with van der Waals surface area (Å²) in [5, 5.41) is 19.4. The maximum atomic E-state index is 15.1. The van der Waals surface area contributed by atoms with Crippen LogP contribution in [0.25, 0.3) is 0 Å². The van der Waals surface area contributed by atoms with Crippen LogP contribution in [0.5, 0.6) is 0 Å². The minimum Gasteiger partial charge on any atom is -0.481 e. The molecule has 2 aliphatic heterocycles. The minimum atomic E-state index is -1.47. The van der Waals surface area contributed by atoms with Crippen LogP contribution in [-0.2, 0) is 36.0 Å². The van der Waals surface area contributed by atoms with E-state index in [1.807, 2.05) is 36.4 Å². The number of hydrogen-bond donors (Lipinski definition) is 2. The smallest absolute Gasteiger partial charge is 0.303 e. The lowest BCUT2D eigenvalue weighted by Gasteiger charge is -2.49. The van der Waals surface area contributed by atoms with Crippen LogP contribution in [0.2, 0.25) is 5.02 Å². The molecular weight excluding hydrogens is 612 g/mol. The number of hydrogen-bond acceptors (Lipinski definition) is 7. The quantitative estimate of drug-likeness (QED) is 0.271. The fraction of sp³-hybridized carbons (Fsp3) is 0.343. The number of imide groups is 2. The maximum absolute atomic E-state index is 15.1. The molecule has 2 aromatic carbocycles. The zero-order chi connectivity index (χ0) is 32.3. The Kier molecular flexibility index (Phi) is 7.44. The summed E-state index contributed by atoms with van der Waals surface area (Å²) >= 11 is 6.32. The normalized spacial score (nSPS) is 28.7. The number of carbonyl (C=O) groups excluding carboxylic acids is 4. The largest absolute Gasteiger partial charge is 0.481 e. The van der Waals surface area contributed by atoms with Crippen molar-refractivity contribution in [3.05, 3.63) is 100 Å². The molecular formula is C35H31ClN2O8. The van der Waals surface area contributed by atoms with E-state index in [-0.39, 0.29) is 56.4 Å². The lowest BCUT2D eigenvalue weighted by molar-refractivity contribution is -0.142. The third-order valence-electron chi connectivity index (χ3n) is 10.2. The van der Waals surface area contributed by atoms with Gasteiger partial charge in [0.05, 0.1) is 29.4 Å². The summed E-state index contributed by atoms with van der Waals surface area (Å²) in [6.07, 6.45) is 2.26. The molecule has 1 aromatic heterocycles. The first-order valence-corrected chi connectivity index (χ1v) is 15.7. The number of carbonyl (C=O) groups is 5. The number of aliphatic hydroxyl groups is 1. The molecule has 46 heavy (non-hydrogen) atoms. The number of likely N-dealkylation sites (tertiary alicyclic amines) is 1. The van der Waals surface area contributed by atoms with Crippen LogP contribution in [0.1, 0.15) is 48.7 Å². The van der Waals surface area contributed by atoms with Gasteiger partial charge in [0.2, 0.25) is 23.6 Å². The number of nitrogens with zero attached hydrogens (tertiary/aromatic N) is 2. The van der Waals surface area contributed by atoms with Gasteiger partial charge in [-0.1, -0.05) is 59.6 Å². The minimum absolute atomic E-state index is 0.00215. The predicted molar refractivity (Wildman–Crippen MR) is 164 cm³/mol. The second-order valence-electron chi connectivity index (χ2n) is 12.4. The van der Waals surface area contributed by atoms with E-state index >= 15 is 4.79 Å². The Bertz CT molecular complexity index is 1800. The van der Waals surface area contributed by atoms with Gasteiger partial charge < -0.3 is 14.6 Å². The van der Waals surface area contributed by atoms with Crippen molar-refractivity contribution in [2.75, 3.05) is 11.4 Å². The van der Waals surface area contributed by atoms with Crippen LogP contribution < -0.4 is 4.90 Å². The summed E-state index contributed by atoms with van der Waals surface area (Å²) in [6.45, 7) is -0.376. The molecule has 11 heteroatoms. The second-order valence-corrected chi connectivity index (χ2v) is 12.8. The first-order chi connectivity index (χ1) is 22.2.